The van der Waals surface area contributed by atoms with E-state index < -0.39 is 0 Å². The molecule has 6 nitrogen and oxygen atoms in total. The van der Waals surface area contributed by atoms with Crippen molar-refractivity contribution in [3.63, 3.8) is 0 Å². The van der Waals surface area contributed by atoms with E-state index in [1.165, 1.54) is 5.56 Å². The molecule has 0 radical (unpaired) electrons. The lowest BCUT2D eigenvalue weighted by Gasteiger charge is -2.23. The first-order valence-corrected chi connectivity index (χ1v) is 10.0. The average molecular weight is 382 g/mol. The first kappa shape index (κ1) is 17.9. The zero-order chi connectivity index (χ0) is 18.5. The van der Waals surface area contributed by atoms with Gasteiger partial charge in [0.2, 0.25) is 0 Å². The Hall–Kier alpha value is -2.51. The monoisotopic (exact) mass is 382 g/mol. The van der Waals surface area contributed by atoms with Crippen molar-refractivity contribution in [3.8, 4) is 0 Å². The molecule has 0 N–H and O–H groups in total. The fourth-order valence-electron chi connectivity index (χ4n) is 3.23. The van der Waals surface area contributed by atoms with Crippen LogP contribution in [0.4, 0.5) is 0 Å². The molecule has 0 unspecified atom stereocenters. The normalized spacial score (nSPS) is 17.6. The number of carbonyl (C=O) groups excluding carboxylic acids is 1. The second-order valence-electron chi connectivity index (χ2n) is 6.61. The third kappa shape index (κ3) is 4.61. The van der Waals surface area contributed by atoms with E-state index in [1.54, 1.807) is 17.5 Å². The molecule has 140 valence electrons. The molecule has 0 bridgehead atoms. The summed E-state index contributed by atoms with van der Waals surface area (Å²) in [6, 6.07) is 12.1. The number of thiazole rings is 1. The van der Waals surface area contributed by atoms with Crippen molar-refractivity contribution in [3.05, 3.63) is 70.4 Å². The summed E-state index contributed by atoms with van der Waals surface area (Å²) < 4.78 is 7.75. The third-order valence-corrected chi connectivity index (χ3v) is 5.40. The Kier molecular flexibility index (Phi) is 5.60. The summed E-state index contributed by atoms with van der Waals surface area (Å²) in [5, 5.41) is 7.07. The third-order valence-electron chi connectivity index (χ3n) is 4.56. The molecule has 1 aromatic carbocycles. The highest BCUT2D eigenvalue weighted by Crippen LogP contribution is 2.18. The van der Waals surface area contributed by atoms with Gasteiger partial charge in [-0.1, -0.05) is 30.3 Å². The Labute approximate surface area is 162 Å². The lowest BCUT2D eigenvalue weighted by atomic mass is 10.2. The second-order valence-corrected chi connectivity index (χ2v) is 7.56. The summed E-state index contributed by atoms with van der Waals surface area (Å²) in [5.74, 6) is -0.0125. The Morgan fingerprint density at radius 1 is 1.26 bits per heavy atom. The molecule has 0 saturated carbocycles. The number of aromatic nitrogens is 3. The standard InChI is InChI=1S/C20H22N4O2S/c25-20(18-15-27-19(22-18)12-16-6-2-1-3-7-16)23-9-5-11-26-17(13-23)14-24-10-4-8-21-24/h1-4,6-8,10,15,17H,5,9,11-14H2/t17-/m1/s1. The molecule has 7 heteroatoms. The quantitative estimate of drug-likeness (QED) is 0.681. The second kappa shape index (κ2) is 8.45. The highest BCUT2D eigenvalue weighted by molar-refractivity contribution is 7.09. The fraction of sp³-hybridized carbons (Fsp3) is 0.350. The Bertz CT molecular complexity index is 863. The van der Waals surface area contributed by atoms with Crippen LogP contribution in [0.1, 0.15) is 27.5 Å². The molecule has 1 saturated heterocycles. The van der Waals surface area contributed by atoms with Gasteiger partial charge < -0.3 is 9.64 Å². The van der Waals surface area contributed by atoms with E-state index in [-0.39, 0.29) is 12.0 Å². The Morgan fingerprint density at radius 2 is 2.15 bits per heavy atom. The number of rotatable bonds is 5. The molecule has 1 amide bonds. The maximum absolute atomic E-state index is 13.0. The van der Waals surface area contributed by atoms with Gasteiger partial charge in [0.05, 0.1) is 17.7 Å². The van der Waals surface area contributed by atoms with Crippen molar-refractivity contribution in [1.29, 1.82) is 0 Å². The van der Waals surface area contributed by atoms with Crippen LogP contribution in [0.5, 0.6) is 0 Å². The van der Waals surface area contributed by atoms with Gasteiger partial charge in [-0.05, 0) is 18.1 Å². The van der Waals surface area contributed by atoms with Crippen LogP contribution in [-0.4, -0.2) is 51.4 Å². The molecule has 3 aromatic rings. The number of carbonyl (C=O) groups is 1. The largest absolute Gasteiger partial charge is 0.374 e. The number of ether oxygens (including phenoxy) is 1. The average Bonchev–Trinajstić information content (AvgIpc) is 3.31. The van der Waals surface area contributed by atoms with Crippen LogP contribution < -0.4 is 0 Å². The lowest BCUT2D eigenvalue weighted by molar-refractivity contribution is 0.0366. The van der Waals surface area contributed by atoms with Gasteiger partial charge in [-0.3, -0.25) is 9.48 Å². The first-order chi connectivity index (χ1) is 13.3. The van der Waals surface area contributed by atoms with Crippen molar-refractivity contribution in [2.75, 3.05) is 19.7 Å². The van der Waals surface area contributed by atoms with Crippen LogP contribution in [-0.2, 0) is 17.7 Å². The summed E-state index contributed by atoms with van der Waals surface area (Å²) in [5.41, 5.74) is 1.74. The molecule has 1 atom stereocenters. The molecule has 1 aliphatic heterocycles. The molecule has 0 spiro atoms. The number of nitrogens with zero attached hydrogens (tertiary/aromatic N) is 4. The zero-order valence-corrected chi connectivity index (χ0v) is 15.8. The minimum atomic E-state index is -0.0567. The summed E-state index contributed by atoms with van der Waals surface area (Å²) in [4.78, 5) is 19.4. The van der Waals surface area contributed by atoms with Crippen LogP contribution in [0, 0.1) is 0 Å². The van der Waals surface area contributed by atoms with E-state index >= 15 is 0 Å². The number of amides is 1. The topological polar surface area (TPSA) is 60.3 Å². The van der Waals surface area contributed by atoms with Gasteiger partial charge >= 0.3 is 0 Å². The predicted octanol–water partition coefficient (Wildman–Crippen LogP) is 2.86. The number of benzene rings is 1. The molecule has 1 aliphatic rings. The molecular weight excluding hydrogens is 360 g/mol. The highest BCUT2D eigenvalue weighted by Gasteiger charge is 2.25. The van der Waals surface area contributed by atoms with E-state index in [0.29, 0.717) is 31.9 Å². The van der Waals surface area contributed by atoms with Gasteiger partial charge in [0.1, 0.15) is 5.69 Å². The molecule has 3 heterocycles. The predicted molar refractivity (Wildman–Crippen MR) is 104 cm³/mol. The molecular formula is C20H22N4O2S. The minimum Gasteiger partial charge on any atom is -0.374 e. The van der Waals surface area contributed by atoms with E-state index in [2.05, 4.69) is 22.2 Å². The molecule has 0 aliphatic carbocycles. The van der Waals surface area contributed by atoms with Crippen LogP contribution in [0.15, 0.2) is 54.2 Å². The Balaban J connectivity index is 1.42. The number of hydrogen-bond acceptors (Lipinski definition) is 5. The molecule has 1 fully saturated rings. The first-order valence-electron chi connectivity index (χ1n) is 9.14. The van der Waals surface area contributed by atoms with Crippen LogP contribution in [0.2, 0.25) is 0 Å². The highest BCUT2D eigenvalue weighted by atomic mass is 32.1. The van der Waals surface area contributed by atoms with Gasteiger partial charge in [0.15, 0.2) is 0 Å². The Morgan fingerprint density at radius 3 is 2.96 bits per heavy atom. The van der Waals surface area contributed by atoms with Crippen molar-refractivity contribution in [2.24, 2.45) is 0 Å². The number of hydrogen-bond donors (Lipinski definition) is 0. The minimum absolute atomic E-state index is 0.0125. The molecule has 27 heavy (non-hydrogen) atoms. The van der Waals surface area contributed by atoms with Crippen molar-refractivity contribution < 1.29 is 9.53 Å². The van der Waals surface area contributed by atoms with E-state index in [4.69, 9.17) is 4.74 Å². The van der Waals surface area contributed by atoms with Crippen LogP contribution in [0.3, 0.4) is 0 Å². The van der Waals surface area contributed by atoms with Gasteiger partial charge in [0, 0.05) is 43.9 Å². The zero-order valence-electron chi connectivity index (χ0n) is 15.0. The SMILES string of the molecule is O=C(c1csc(Cc2ccccc2)n1)N1CCCO[C@@H](Cn2cccn2)C1. The van der Waals surface area contributed by atoms with Crippen molar-refractivity contribution >= 4 is 17.2 Å². The smallest absolute Gasteiger partial charge is 0.273 e. The van der Waals surface area contributed by atoms with E-state index in [0.717, 1.165) is 17.8 Å². The maximum Gasteiger partial charge on any atom is 0.273 e. The lowest BCUT2D eigenvalue weighted by Crippen LogP contribution is -2.38. The van der Waals surface area contributed by atoms with Crippen molar-refractivity contribution in [2.45, 2.75) is 25.5 Å². The van der Waals surface area contributed by atoms with Gasteiger partial charge in [-0.2, -0.15) is 5.10 Å². The molecule has 4 rings (SSSR count). The summed E-state index contributed by atoms with van der Waals surface area (Å²) in [6.45, 7) is 2.56. The van der Waals surface area contributed by atoms with Crippen LogP contribution >= 0.6 is 11.3 Å². The van der Waals surface area contributed by atoms with Gasteiger partial charge in [-0.25, -0.2) is 4.98 Å². The van der Waals surface area contributed by atoms with E-state index in [1.807, 2.05) is 45.4 Å². The summed E-state index contributed by atoms with van der Waals surface area (Å²) >= 11 is 1.54. The van der Waals surface area contributed by atoms with E-state index in [9.17, 15) is 4.79 Å². The molecule has 2 aromatic heterocycles. The summed E-state index contributed by atoms with van der Waals surface area (Å²) in [6.07, 6.45) is 5.20. The maximum atomic E-state index is 13.0. The van der Waals surface area contributed by atoms with Crippen molar-refractivity contribution in [1.82, 2.24) is 19.7 Å². The van der Waals surface area contributed by atoms with Gasteiger partial charge in [0.25, 0.3) is 5.91 Å². The van der Waals surface area contributed by atoms with Gasteiger partial charge in [-0.15, -0.1) is 11.3 Å². The van der Waals surface area contributed by atoms with Crippen LogP contribution in [0.25, 0.3) is 0 Å². The fourth-order valence-corrected chi connectivity index (χ4v) is 4.03. The summed E-state index contributed by atoms with van der Waals surface area (Å²) in [7, 11) is 0.